The highest BCUT2D eigenvalue weighted by Gasteiger charge is 2.34. The molecule has 0 radical (unpaired) electrons. The number of hydrogen-bond acceptors (Lipinski definition) is 4. The van der Waals surface area contributed by atoms with Gasteiger partial charge in [0.2, 0.25) is 0 Å². The molecule has 0 aliphatic carbocycles. The molecule has 0 aromatic carbocycles. The van der Waals surface area contributed by atoms with E-state index in [9.17, 15) is 8.42 Å². The van der Waals surface area contributed by atoms with Gasteiger partial charge in [-0.05, 0) is 19.4 Å². The summed E-state index contributed by atoms with van der Waals surface area (Å²) in [5, 5.41) is 2.88. The maximum Gasteiger partial charge on any atom is 0.156 e. The van der Waals surface area contributed by atoms with Crippen LogP contribution in [0.3, 0.4) is 0 Å². The Bertz CT molecular complexity index is 274. The molecular formula is C10H21NO3S. The molecule has 1 fully saturated rings. The van der Waals surface area contributed by atoms with Crippen molar-refractivity contribution in [3.63, 3.8) is 0 Å². The van der Waals surface area contributed by atoms with Crippen LogP contribution in [-0.4, -0.2) is 45.2 Å². The lowest BCUT2D eigenvalue weighted by atomic mass is 10.1. The highest BCUT2D eigenvalue weighted by molar-refractivity contribution is 7.92. The van der Waals surface area contributed by atoms with Gasteiger partial charge in [-0.25, -0.2) is 8.42 Å². The molecule has 90 valence electrons. The predicted octanol–water partition coefficient (Wildman–Crippen LogP) is 0.578. The summed E-state index contributed by atoms with van der Waals surface area (Å²) >= 11 is 0. The Hall–Kier alpha value is -0.130. The normalized spacial score (nSPS) is 27.9. The van der Waals surface area contributed by atoms with Crippen LogP contribution in [0.4, 0.5) is 0 Å². The summed E-state index contributed by atoms with van der Waals surface area (Å²) in [7, 11) is -2.99. The van der Waals surface area contributed by atoms with E-state index < -0.39 is 9.84 Å². The largest absolute Gasteiger partial charge is 0.380 e. The standard InChI is InChI=1S/C10H21NO3S/c1-3-7-15(12,13)10-8-14-6-5-9(10)11-4-2/h9-11H,3-8H2,1-2H3. The van der Waals surface area contributed by atoms with Gasteiger partial charge < -0.3 is 10.1 Å². The van der Waals surface area contributed by atoms with Crippen LogP contribution in [0.5, 0.6) is 0 Å². The first kappa shape index (κ1) is 12.9. The molecule has 15 heavy (non-hydrogen) atoms. The second-order valence-corrected chi connectivity index (χ2v) is 6.27. The lowest BCUT2D eigenvalue weighted by molar-refractivity contribution is 0.0812. The van der Waals surface area contributed by atoms with Gasteiger partial charge in [-0.2, -0.15) is 0 Å². The van der Waals surface area contributed by atoms with E-state index in [1.807, 2.05) is 13.8 Å². The fourth-order valence-electron chi connectivity index (χ4n) is 2.00. The second kappa shape index (κ2) is 5.82. The quantitative estimate of drug-likeness (QED) is 0.757. The van der Waals surface area contributed by atoms with Crippen molar-refractivity contribution in [1.82, 2.24) is 5.32 Å². The molecule has 2 unspecified atom stereocenters. The molecule has 1 heterocycles. The van der Waals surface area contributed by atoms with E-state index in [2.05, 4.69) is 5.32 Å². The number of ether oxygens (including phenoxy) is 1. The summed E-state index contributed by atoms with van der Waals surface area (Å²) in [5.74, 6) is 0.267. The minimum absolute atomic E-state index is 0.0697. The lowest BCUT2D eigenvalue weighted by Gasteiger charge is -2.31. The Kier molecular flexibility index (Phi) is 5.02. The number of sulfone groups is 1. The smallest absolute Gasteiger partial charge is 0.156 e. The molecule has 0 bridgehead atoms. The van der Waals surface area contributed by atoms with E-state index in [1.54, 1.807) is 0 Å². The van der Waals surface area contributed by atoms with E-state index in [0.717, 1.165) is 13.0 Å². The topological polar surface area (TPSA) is 55.4 Å². The van der Waals surface area contributed by atoms with Crippen LogP contribution in [0.2, 0.25) is 0 Å². The van der Waals surface area contributed by atoms with Gasteiger partial charge in [-0.3, -0.25) is 0 Å². The van der Waals surface area contributed by atoms with Crippen molar-refractivity contribution in [3.8, 4) is 0 Å². The summed E-state index contributed by atoms with van der Waals surface area (Å²) in [6.07, 6.45) is 1.47. The van der Waals surface area contributed by atoms with Crippen molar-refractivity contribution in [2.24, 2.45) is 0 Å². The lowest BCUT2D eigenvalue weighted by Crippen LogP contribution is -2.50. The summed E-state index contributed by atoms with van der Waals surface area (Å²) in [5.41, 5.74) is 0. The van der Waals surface area contributed by atoms with Crippen molar-refractivity contribution in [3.05, 3.63) is 0 Å². The van der Waals surface area contributed by atoms with Crippen LogP contribution in [0.1, 0.15) is 26.7 Å². The minimum atomic E-state index is -2.99. The first-order valence-corrected chi connectivity index (χ1v) is 7.36. The summed E-state index contributed by atoms with van der Waals surface area (Å²) in [4.78, 5) is 0. The molecule has 5 heteroatoms. The van der Waals surface area contributed by atoms with Crippen molar-refractivity contribution < 1.29 is 13.2 Å². The zero-order valence-corrected chi connectivity index (χ0v) is 10.3. The molecule has 2 atom stereocenters. The monoisotopic (exact) mass is 235 g/mol. The third-order valence-electron chi connectivity index (χ3n) is 2.72. The number of rotatable bonds is 5. The van der Waals surface area contributed by atoms with E-state index in [-0.39, 0.29) is 17.0 Å². The van der Waals surface area contributed by atoms with Crippen LogP contribution in [0.25, 0.3) is 0 Å². The third kappa shape index (κ3) is 3.43. The summed E-state index contributed by atoms with van der Waals surface area (Å²) in [6, 6.07) is 0.0697. The van der Waals surface area contributed by atoms with Crippen LogP contribution in [-0.2, 0) is 14.6 Å². The van der Waals surface area contributed by atoms with Gasteiger partial charge in [0.25, 0.3) is 0 Å². The van der Waals surface area contributed by atoms with Gasteiger partial charge in [0.05, 0.1) is 17.6 Å². The average molecular weight is 235 g/mol. The zero-order chi connectivity index (χ0) is 11.3. The van der Waals surface area contributed by atoms with Crippen molar-refractivity contribution in [2.75, 3.05) is 25.5 Å². The predicted molar refractivity (Wildman–Crippen MR) is 60.8 cm³/mol. The van der Waals surface area contributed by atoms with Crippen LogP contribution in [0.15, 0.2) is 0 Å². The van der Waals surface area contributed by atoms with Crippen molar-refractivity contribution in [1.29, 1.82) is 0 Å². The fraction of sp³-hybridized carbons (Fsp3) is 1.00. The van der Waals surface area contributed by atoms with Gasteiger partial charge in [0.15, 0.2) is 9.84 Å². The molecule has 1 N–H and O–H groups in total. The number of hydrogen-bond donors (Lipinski definition) is 1. The Morgan fingerprint density at radius 1 is 1.40 bits per heavy atom. The van der Waals surface area contributed by atoms with E-state index >= 15 is 0 Å². The van der Waals surface area contributed by atoms with E-state index in [1.165, 1.54) is 0 Å². The van der Waals surface area contributed by atoms with Gasteiger partial charge in [0, 0.05) is 12.6 Å². The molecule has 0 amide bonds. The third-order valence-corrected chi connectivity index (χ3v) is 5.08. The molecule has 1 aliphatic heterocycles. The molecule has 4 nitrogen and oxygen atoms in total. The van der Waals surface area contributed by atoms with Crippen molar-refractivity contribution >= 4 is 9.84 Å². The van der Waals surface area contributed by atoms with E-state index in [4.69, 9.17) is 4.74 Å². The Morgan fingerprint density at radius 3 is 2.73 bits per heavy atom. The molecule has 1 rings (SSSR count). The molecule has 0 spiro atoms. The minimum Gasteiger partial charge on any atom is -0.380 e. The second-order valence-electron chi connectivity index (χ2n) is 3.93. The van der Waals surface area contributed by atoms with Gasteiger partial charge in [0.1, 0.15) is 0 Å². The summed E-state index contributed by atoms with van der Waals surface area (Å²) in [6.45, 7) is 5.71. The van der Waals surface area contributed by atoms with Crippen LogP contribution < -0.4 is 5.32 Å². The number of nitrogens with one attached hydrogen (secondary N) is 1. The Balaban J connectivity index is 2.70. The van der Waals surface area contributed by atoms with Crippen LogP contribution >= 0.6 is 0 Å². The zero-order valence-electron chi connectivity index (χ0n) is 9.53. The van der Waals surface area contributed by atoms with Crippen molar-refractivity contribution in [2.45, 2.75) is 38.0 Å². The Labute approximate surface area is 92.3 Å². The van der Waals surface area contributed by atoms with E-state index in [0.29, 0.717) is 19.6 Å². The van der Waals surface area contributed by atoms with Gasteiger partial charge in [-0.1, -0.05) is 13.8 Å². The molecule has 0 saturated carbocycles. The maximum absolute atomic E-state index is 12.0. The molecule has 1 aliphatic rings. The van der Waals surface area contributed by atoms with Gasteiger partial charge >= 0.3 is 0 Å². The fourth-order valence-corrected chi connectivity index (χ4v) is 3.91. The molecule has 0 aromatic rings. The first-order valence-electron chi connectivity index (χ1n) is 5.64. The molecule has 0 aromatic heterocycles. The first-order chi connectivity index (χ1) is 7.11. The highest BCUT2D eigenvalue weighted by Crippen LogP contribution is 2.17. The van der Waals surface area contributed by atoms with Gasteiger partial charge in [-0.15, -0.1) is 0 Å². The maximum atomic E-state index is 12.0. The average Bonchev–Trinajstić information content (AvgIpc) is 2.19. The SMILES string of the molecule is CCCS(=O)(=O)C1COCCC1NCC. The van der Waals surface area contributed by atoms with Crippen LogP contribution in [0, 0.1) is 0 Å². The molecule has 1 saturated heterocycles. The highest BCUT2D eigenvalue weighted by atomic mass is 32.2. The Morgan fingerprint density at radius 2 is 2.13 bits per heavy atom. The summed E-state index contributed by atoms with van der Waals surface area (Å²) < 4.78 is 29.2. The molecular weight excluding hydrogens is 214 g/mol.